The summed E-state index contributed by atoms with van der Waals surface area (Å²) in [6, 6.07) is 6.77. The van der Waals surface area contributed by atoms with Gasteiger partial charge in [-0.3, -0.25) is 0 Å². The van der Waals surface area contributed by atoms with Crippen molar-refractivity contribution >= 4 is 26.7 Å². The molecule has 2 rings (SSSR count). The smallest absolute Gasteiger partial charge is 0.410 e. The fourth-order valence-electron chi connectivity index (χ4n) is 3.41. The summed E-state index contributed by atoms with van der Waals surface area (Å²) in [4.78, 5) is 18.6. The fraction of sp³-hybridized carbons (Fsp3) is 0.565. The van der Waals surface area contributed by atoms with E-state index >= 15 is 0 Å². The van der Waals surface area contributed by atoms with Gasteiger partial charge in [-0.25, -0.2) is 18.2 Å². The van der Waals surface area contributed by atoms with Gasteiger partial charge in [-0.2, -0.15) is 0 Å². The van der Waals surface area contributed by atoms with Gasteiger partial charge < -0.3 is 14.4 Å². The van der Waals surface area contributed by atoms with E-state index in [1.54, 1.807) is 35.4 Å². The van der Waals surface area contributed by atoms with Crippen molar-refractivity contribution in [1.29, 1.82) is 0 Å². The lowest BCUT2D eigenvalue weighted by atomic mass is 10.2. The molecule has 8 heteroatoms. The van der Waals surface area contributed by atoms with Crippen molar-refractivity contribution in [3.8, 4) is 5.88 Å². The van der Waals surface area contributed by atoms with Crippen molar-refractivity contribution in [3.05, 3.63) is 30.5 Å². The molecule has 1 aromatic carbocycles. The van der Waals surface area contributed by atoms with Crippen molar-refractivity contribution in [3.63, 3.8) is 0 Å². The average molecular weight is 451 g/mol. The van der Waals surface area contributed by atoms with Crippen molar-refractivity contribution in [2.45, 2.75) is 58.0 Å². The predicted octanol–water partition coefficient (Wildman–Crippen LogP) is 4.69. The van der Waals surface area contributed by atoms with Gasteiger partial charge in [-0.05, 0) is 51.3 Å². The second-order valence-electron chi connectivity index (χ2n) is 8.84. The van der Waals surface area contributed by atoms with Crippen LogP contribution in [0, 0.1) is 5.92 Å². The number of unbranched alkanes of at least 4 members (excludes halogenated alkanes) is 1. The minimum atomic E-state index is -3.60. The first-order chi connectivity index (χ1) is 14.5. The number of benzene rings is 1. The Morgan fingerprint density at radius 1 is 1.19 bits per heavy atom. The van der Waals surface area contributed by atoms with Crippen LogP contribution in [0.4, 0.5) is 4.79 Å². The molecule has 0 aliphatic heterocycles. The maximum absolute atomic E-state index is 13.3. The highest BCUT2D eigenvalue weighted by Gasteiger charge is 2.27. The quantitative estimate of drug-likeness (QED) is 0.551. The molecular weight excluding hydrogens is 416 g/mol. The van der Waals surface area contributed by atoms with Crippen molar-refractivity contribution in [2.24, 2.45) is 5.92 Å². The normalized spacial score (nSPS) is 13.1. The lowest BCUT2D eigenvalue weighted by Crippen LogP contribution is -2.40. The second-order valence-corrected chi connectivity index (χ2v) is 10.8. The number of aromatic nitrogens is 1. The van der Waals surface area contributed by atoms with Crippen molar-refractivity contribution in [1.82, 2.24) is 9.88 Å². The topological polar surface area (TPSA) is 85.8 Å². The highest BCUT2D eigenvalue weighted by molar-refractivity contribution is 7.91. The van der Waals surface area contributed by atoms with Gasteiger partial charge in [0.15, 0.2) is 9.84 Å². The summed E-state index contributed by atoms with van der Waals surface area (Å²) in [5.41, 5.74) is -0.604. The number of nitrogens with zero attached hydrogens (tertiary/aromatic N) is 2. The number of hydrogen-bond acceptors (Lipinski definition) is 6. The number of methoxy groups -OCH3 is 1. The maximum atomic E-state index is 13.3. The molecule has 7 nitrogen and oxygen atoms in total. The Hall–Kier alpha value is -2.35. The molecule has 0 radical (unpaired) electrons. The Morgan fingerprint density at radius 3 is 2.52 bits per heavy atom. The summed E-state index contributed by atoms with van der Waals surface area (Å²) in [6.45, 7) is 10.2. The molecule has 1 atom stereocenters. The summed E-state index contributed by atoms with van der Waals surface area (Å²) in [5, 5.41) is 1.23. The minimum absolute atomic E-state index is 0.0812. The van der Waals surface area contributed by atoms with Gasteiger partial charge in [0.1, 0.15) is 5.60 Å². The number of ether oxygens (including phenoxy) is 2. The molecule has 2 aromatic rings. The van der Waals surface area contributed by atoms with E-state index in [1.807, 2.05) is 34.6 Å². The van der Waals surface area contributed by atoms with Crippen molar-refractivity contribution in [2.75, 3.05) is 26.0 Å². The predicted molar refractivity (Wildman–Crippen MR) is 122 cm³/mol. The van der Waals surface area contributed by atoms with E-state index in [-0.39, 0.29) is 16.6 Å². The SMILES string of the molecule is CCCCN(CC(C)CS(=O)(=O)c1cccc2c(OC)nccc12)C(=O)OC(C)(C)C. The Labute approximate surface area is 185 Å². The van der Waals surface area contributed by atoms with E-state index in [0.29, 0.717) is 29.7 Å². The number of pyridine rings is 1. The number of sulfone groups is 1. The third-order valence-electron chi connectivity index (χ3n) is 4.73. The summed E-state index contributed by atoms with van der Waals surface area (Å²) >= 11 is 0. The van der Waals surface area contributed by atoms with Crippen molar-refractivity contribution < 1.29 is 22.7 Å². The summed E-state index contributed by atoms with van der Waals surface area (Å²) in [6.07, 6.45) is 2.89. The van der Waals surface area contributed by atoms with E-state index in [2.05, 4.69) is 4.98 Å². The van der Waals surface area contributed by atoms with Gasteiger partial charge in [-0.1, -0.05) is 26.3 Å². The molecule has 0 aliphatic rings. The van der Waals surface area contributed by atoms with Crippen LogP contribution in [0.1, 0.15) is 47.5 Å². The molecule has 0 aliphatic carbocycles. The van der Waals surface area contributed by atoms with Crippen LogP contribution in [-0.2, 0) is 14.6 Å². The van der Waals surface area contributed by atoms with Gasteiger partial charge >= 0.3 is 6.09 Å². The molecule has 1 heterocycles. The van der Waals surface area contributed by atoms with Crippen LogP contribution in [0.2, 0.25) is 0 Å². The molecule has 31 heavy (non-hydrogen) atoms. The molecule has 0 saturated carbocycles. The molecule has 1 amide bonds. The largest absolute Gasteiger partial charge is 0.481 e. The van der Waals surface area contributed by atoms with Gasteiger partial charge in [0.25, 0.3) is 0 Å². The molecule has 0 fully saturated rings. The minimum Gasteiger partial charge on any atom is -0.481 e. The Kier molecular flexibility index (Phi) is 8.28. The van der Waals surface area contributed by atoms with E-state index in [1.165, 1.54) is 7.11 Å². The van der Waals surface area contributed by atoms with Crippen LogP contribution in [0.3, 0.4) is 0 Å². The number of carbonyl (C=O) groups excluding carboxylic acids is 1. The number of rotatable bonds is 9. The maximum Gasteiger partial charge on any atom is 0.410 e. The standard InChI is InChI=1S/C23H34N2O5S/c1-7-8-14-25(22(26)30-23(3,4)5)15-17(2)16-31(27,28)20-11-9-10-19-18(20)12-13-24-21(19)29-6/h9-13,17H,7-8,14-16H2,1-6H3. The molecule has 172 valence electrons. The van der Waals surface area contributed by atoms with Crippen LogP contribution in [0.5, 0.6) is 5.88 Å². The van der Waals surface area contributed by atoms with Crippen LogP contribution in [-0.4, -0.2) is 55.9 Å². The summed E-state index contributed by atoms with van der Waals surface area (Å²) in [7, 11) is -2.09. The Morgan fingerprint density at radius 2 is 1.90 bits per heavy atom. The van der Waals surface area contributed by atoms with Gasteiger partial charge in [0.2, 0.25) is 5.88 Å². The zero-order chi connectivity index (χ0) is 23.2. The molecular formula is C23H34N2O5S. The monoisotopic (exact) mass is 450 g/mol. The molecule has 0 bridgehead atoms. The van der Waals surface area contributed by atoms with Crippen LogP contribution in [0.15, 0.2) is 35.4 Å². The van der Waals surface area contributed by atoms with E-state index in [9.17, 15) is 13.2 Å². The molecule has 1 aromatic heterocycles. The lowest BCUT2D eigenvalue weighted by Gasteiger charge is -2.29. The third kappa shape index (κ3) is 6.82. The summed E-state index contributed by atoms with van der Waals surface area (Å²) < 4.78 is 37.3. The second kappa shape index (κ2) is 10.3. The van der Waals surface area contributed by atoms with Crippen LogP contribution >= 0.6 is 0 Å². The number of carbonyl (C=O) groups is 1. The number of amides is 1. The molecule has 0 saturated heterocycles. The van der Waals surface area contributed by atoms with Gasteiger partial charge in [0.05, 0.1) is 17.8 Å². The van der Waals surface area contributed by atoms with E-state index in [4.69, 9.17) is 9.47 Å². The lowest BCUT2D eigenvalue weighted by molar-refractivity contribution is 0.0226. The van der Waals surface area contributed by atoms with Gasteiger partial charge in [-0.15, -0.1) is 0 Å². The third-order valence-corrected chi connectivity index (χ3v) is 6.76. The highest BCUT2D eigenvalue weighted by Crippen LogP contribution is 2.29. The first kappa shape index (κ1) is 24.9. The molecule has 1 unspecified atom stereocenters. The molecule has 0 spiro atoms. The Bertz CT molecular complexity index is 999. The van der Waals surface area contributed by atoms with Crippen LogP contribution in [0.25, 0.3) is 10.8 Å². The Balaban J connectivity index is 2.23. The van der Waals surface area contributed by atoms with E-state index < -0.39 is 21.5 Å². The zero-order valence-corrected chi connectivity index (χ0v) is 20.2. The molecule has 0 N–H and O–H groups in total. The summed E-state index contributed by atoms with van der Waals surface area (Å²) in [5.74, 6) is 0.0361. The number of fused-ring (bicyclic) bond motifs is 1. The van der Waals surface area contributed by atoms with E-state index in [0.717, 1.165) is 12.8 Å². The first-order valence-electron chi connectivity index (χ1n) is 10.6. The number of hydrogen-bond donors (Lipinski definition) is 0. The zero-order valence-electron chi connectivity index (χ0n) is 19.3. The average Bonchev–Trinajstić information content (AvgIpc) is 2.68. The first-order valence-corrected chi connectivity index (χ1v) is 12.3. The van der Waals surface area contributed by atoms with Gasteiger partial charge in [0, 0.05) is 30.1 Å². The van der Waals surface area contributed by atoms with Crippen LogP contribution < -0.4 is 4.74 Å². The highest BCUT2D eigenvalue weighted by atomic mass is 32.2. The fourth-order valence-corrected chi connectivity index (χ4v) is 5.24.